The minimum atomic E-state index is -0.924. The molecule has 0 unspecified atom stereocenters. The fourth-order valence-corrected chi connectivity index (χ4v) is 3.74. The molecule has 0 saturated heterocycles. The van der Waals surface area contributed by atoms with Crippen LogP contribution in [0.25, 0.3) is 0 Å². The summed E-state index contributed by atoms with van der Waals surface area (Å²) < 4.78 is 10.8. The molecule has 214 valence electrons. The lowest BCUT2D eigenvalue weighted by atomic mass is 10.1. The summed E-state index contributed by atoms with van der Waals surface area (Å²) in [5.41, 5.74) is -0.532. The van der Waals surface area contributed by atoms with Crippen LogP contribution in [-0.2, 0) is 19.1 Å². The first-order valence-corrected chi connectivity index (χ1v) is 14.3. The van der Waals surface area contributed by atoms with E-state index in [0.29, 0.717) is 26.1 Å². The van der Waals surface area contributed by atoms with E-state index in [1.807, 2.05) is 26.8 Å². The fraction of sp³-hybridized carbons (Fsp3) is 0.767. The van der Waals surface area contributed by atoms with Gasteiger partial charge in [-0.3, -0.25) is 4.79 Å². The van der Waals surface area contributed by atoms with Crippen LogP contribution < -0.4 is 0 Å². The van der Waals surface area contributed by atoms with Crippen LogP contribution in [0.5, 0.6) is 0 Å². The summed E-state index contributed by atoms with van der Waals surface area (Å²) in [4.78, 5) is 36.7. The Balaban J connectivity index is 4.04. The molecule has 0 aromatic rings. The van der Waals surface area contributed by atoms with E-state index in [4.69, 9.17) is 14.6 Å². The summed E-state index contributed by atoms with van der Waals surface area (Å²) >= 11 is 0. The number of rotatable bonds is 22. The van der Waals surface area contributed by atoms with Crippen LogP contribution in [0.4, 0.5) is 4.79 Å². The van der Waals surface area contributed by atoms with Gasteiger partial charge in [0.25, 0.3) is 0 Å². The molecule has 0 aliphatic carbocycles. The van der Waals surface area contributed by atoms with Crippen molar-refractivity contribution in [2.45, 2.75) is 130 Å². The summed E-state index contributed by atoms with van der Waals surface area (Å²) in [6, 6.07) is 0. The number of nitrogens with zero attached hydrogens (tertiary/aromatic N) is 1. The Morgan fingerprint density at radius 1 is 0.757 bits per heavy atom. The number of hydrogen-bond donors (Lipinski definition) is 1. The van der Waals surface area contributed by atoms with E-state index in [1.165, 1.54) is 31.8 Å². The summed E-state index contributed by atoms with van der Waals surface area (Å²) in [5, 5.41) is 8.62. The van der Waals surface area contributed by atoms with Crippen molar-refractivity contribution in [1.82, 2.24) is 4.90 Å². The number of amides is 1. The summed E-state index contributed by atoms with van der Waals surface area (Å²) in [5.74, 6) is -1.06. The van der Waals surface area contributed by atoms with Crippen LogP contribution in [0, 0.1) is 0 Å². The van der Waals surface area contributed by atoms with Gasteiger partial charge in [-0.05, 0) is 65.7 Å². The molecule has 37 heavy (non-hydrogen) atoms. The molecule has 0 aromatic carbocycles. The first kappa shape index (κ1) is 34.7. The number of carbonyl (C=O) groups excluding carboxylic acids is 2. The molecule has 0 radical (unpaired) electrons. The van der Waals surface area contributed by atoms with Crippen LogP contribution in [0.1, 0.15) is 124 Å². The Labute approximate surface area is 225 Å². The normalized spacial score (nSPS) is 11.8. The Kier molecular flexibility index (Phi) is 21.4. The molecule has 0 bridgehead atoms. The van der Waals surface area contributed by atoms with E-state index in [9.17, 15) is 14.4 Å². The van der Waals surface area contributed by atoms with Gasteiger partial charge < -0.3 is 19.5 Å². The Hall–Kier alpha value is -2.31. The second-order valence-electron chi connectivity index (χ2n) is 10.6. The second-order valence-corrected chi connectivity index (χ2v) is 10.6. The largest absolute Gasteiger partial charge is 0.478 e. The maximum Gasteiger partial charge on any atom is 0.410 e. The zero-order valence-electron chi connectivity index (χ0n) is 24.0. The number of carbonyl (C=O) groups is 3. The Morgan fingerprint density at radius 3 is 1.95 bits per heavy atom. The molecule has 0 aliphatic rings. The topological polar surface area (TPSA) is 93.1 Å². The minimum absolute atomic E-state index is 0.134. The minimum Gasteiger partial charge on any atom is -0.478 e. The molecular formula is C30H53NO6. The first-order valence-electron chi connectivity index (χ1n) is 14.3. The second kappa shape index (κ2) is 22.9. The molecule has 7 heteroatoms. The third kappa shape index (κ3) is 25.1. The molecule has 0 atom stereocenters. The number of esters is 1. The average molecular weight is 524 g/mol. The molecule has 0 aliphatic heterocycles. The van der Waals surface area contributed by atoms with E-state index in [0.717, 1.165) is 64.2 Å². The molecule has 0 aromatic heterocycles. The first-order chi connectivity index (χ1) is 17.7. The molecule has 0 fully saturated rings. The molecule has 0 spiro atoms. The van der Waals surface area contributed by atoms with Gasteiger partial charge in [-0.1, -0.05) is 70.1 Å². The van der Waals surface area contributed by atoms with E-state index in [-0.39, 0.29) is 12.1 Å². The van der Waals surface area contributed by atoms with Crippen molar-refractivity contribution in [1.29, 1.82) is 0 Å². The number of unbranched alkanes of at least 4 members (excludes halogenated alkanes) is 11. The SMILES string of the molecule is CCCCCC/C=C\COC(=O)CCCCCCCN(CCCCC/C=C/C(=O)O)C(=O)OC(C)(C)C. The van der Waals surface area contributed by atoms with E-state index in [2.05, 4.69) is 13.0 Å². The summed E-state index contributed by atoms with van der Waals surface area (Å²) in [6.07, 6.45) is 21.2. The quantitative estimate of drug-likeness (QED) is 0.0672. The van der Waals surface area contributed by atoms with Crippen molar-refractivity contribution in [3.63, 3.8) is 0 Å². The maximum atomic E-state index is 12.6. The van der Waals surface area contributed by atoms with E-state index >= 15 is 0 Å². The van der Waals surface area contributed by atoms with Crippen LogP contribution in [0.2, 0.25) is 0 Å². The van der Waals surface area contributed by atoms with Crippen molar-refractivity contribution in [3.05, 3.63) is 24.3 Å². The lowest BCUT2D eigenvalue weighted by Gasteiger charge is -2.27. The Morgan fingerprint density at radius 2 is 1.32 bits per heavy atom. The van der Waals surface area contributed by atoms with E-state index in [1.54, 1.807) is 11.0 Å². The van der Waals surface area contributed by atoms with Gasteiger partial charge in [0, 0.05) is 25.6 Å². The molecule has 1 amide bonds. The van der Waals surface area contributed by atoms with Gasteiger partial charge in [-0.15, -0.1) is 0 Å². The third-order valence-electron chi connectivity index (χ3n) is 5.75. The monoisotopic (exact) mass is 523 g/mol. The molecule has 7 nitrogen and oxygen atoms in total. The van der Waals surface area contributed by atoms with Crippen molar-refractivity contribution in [2.24, 2.45) is 0 Å². The highest BCUT2D eigenvalue weighted by atomic mass is 16.6. The third-order valence-corrected chi connectivity index (χ3v) is 5.75. The van der Waals surface area contributed by atoms with Crippen molar-refractivity contribution >= 4 is 18.0 Å². The standard InChI is InChI=1S/C30H53NO6/c1-5-6-7-8-9-16-21-26-36-28(34)23-18-13-11-15-20-25-31(29(35)37-30(2,3)4)24-19-14-10-12-17-22-27(32)33/h16-17,21-22H,5-15,18-20,23-26H2,1-4H3,(H,32,33)/b21-16-,22-17+. The lowest BCUT2D eigenvalue weighted by Crippen LogP contribution is -2.38. The van der Waals surface area contributed by atoms with Crippen LogP contribution in [0.3, 0.4) is 0 Å². The van der Waals surface area contributed by atoms with Gasteiger partial charge in [0.05, 0.1) is 0 Å². The zero-order chi connectivity index (χ0) is 27.8. The van der Waals surface area contributed by atoms with Crippen LogP contribution in [0.15, 0.2) is 24.3 Å². The highest BCUT2D eigenvalue weighted by Crippen LogP contribution is 2.13. The zero-order valence-corrected chi connectivity index (χ0v) is 24.0. The number of carboxylic acids is 1. The predicted molar refractivity (Wildman–Crippen MR) is 150 cm³/mol. The summed E-state index contributed by atoms with van der Waals surface area (Å²) in [6.45, 7) is 9.47. The molecule has 0 rings (SSSR count). The van der Waals surface area contributed by atoms with E-state index < -0.39 is 11.6 Å². The maximum absolute atomic E-state index is 12.6. The molecule has 0 heterocycles. The van der Waals surface area contributed by atoms with Gasteiger partial charge in [0.15, 0.2) is 0 Å². The van der Waals surface area contributed by atoms with Gasteiger partial charge >= 0.3 is 18.0 Å². The highest BCUT2D eigenvalue weighted by Gasteiger charge is 2.21. The average Bonchev–Trinajstić information content (AvgIpc) is 2.81. The summed E-state index contributed by atoms with van der Waals surface area (Å²) in [7, 11) is 0. The van der Waals surface area contributed by atoms with Gasteiger partial charge in [0.1, 0.15) is 12.2 Å². The molecule has 0 saturated carbocycles. The molecule has 1 N–H and O–H groups in total. The number of hydrogen-bond acceptors (Lipinski definition) is 5. The van der Waals surface area contributed by atoms with Crippen LogP contribution >= 0.6 is 0 Å². The van der Waals surface area contributed by atoms with Crippen molar-refractivity contribution < 1.29 is 29.0 Å². The van der Waals surface area contributed by atoms with Crippen molar-refractivity contribution in [2.75, 3.05) is 19.7 Å². The van der Waals surface area contributed by atoms with Crippen LogP contribution in [-0.4, -0.2) is 53.3 Å². The number of aliphatic carboxylic acids is 1. The number of ether oxygens (including phenoxy) is 2. The number of carboxylic acid groups (broad SMARTS) is 1. The highest BCUT2D eigenvalue weighted by molar-refractivity contribution is 5.79. The van der Waals surface area contributed by atoms with Gasteiger partial charge in [-0.2, -0.15) is 0 Å². The van der Waals surface area contributed by atoms with Gasteiger partial charge in [0.2, 0.25) is 0 Å². The lowest BCUT2D eigenvalue weighted by molar-refractivity contribution is -0.142. The number of allylic oxidation sites excluding steroid dienone is 2. The smallest absolute Gasteiger partial charge is 0.410 e. The predicted octanol–water partition coefficient (Wildman–Crippen LogP) is 7.84. The fourth-order valence-electron chi connectivity index (χ4n) is 3.74. The van der Waals surface area contributed by atoms with Crippen molar-refractivity contribution in [3.8, 4) is 0 Å². The van der Waals surface area contributed by atoms with Gasteiger partial charge in [-0.25, -0.2) is 9.59 Å². The Bertz CT molecular complexity index is 665. The molecular weight excluding hydrogens is 470 g/mol.